The third-order valence-electron chi connectivity index (χ3n) is 2.65. The molecule has 20 heavy (non-hydrogen) atoms. The molecule has 108 valence electrons. The first-order chi connectivity index (χ1) is 9.67. The van der Waals surface area contributed by atoms with Crippen LogP contribution in [0.4, 0.5) is 0 Å². The average Bonchev–Trinajstić information content (AvgIpc) is 3.05. The first-order valence-electron chi connectivity index (χ1n) is 6.24. The molecule has 2 heterocycles. The Kier molecular flexibility index (Phi) is 4.70. The molecule has 8 nitrogen and oxygen atoms in total. The molecule has 2 rings (SSSR count). The summed E-state index contributed by atoms with van der Waals surface area (Å²) in [6.07, 6.45) is 6.26. The van der Waals surface area contributed by atoms with Crippen molar-refractivity contribution in [3.8, 4) is 5.75 Å². The van der Waals surface area contributed by atoms with Crippen molar-refractivity contribution in [2.24, 2.45) is 7.05 Å². The molecule has 0 aromatic carbocycles. The summed E-state index contributed by atoms with van der Waals surface area (Å²) in [6, 6.07) is 0. The van der Waals surface area contributed by atoms with Gasteiger partial charge in [0.2, 0.25) is 0 Å². The number of carbonyl (C=O) groups is 1. The molecule has 0 radical (unpaired) electrons. The molecular weight excluding hydrogens is 262 g/mol. The van der Waals surface area contributed by atoms with E-state index in [0.717, 1.165) is 5.69 Å². The fourth-order valence-electron chi connectivity index (χ4n) is 1.63. The van der Waals surface area contributed by atoms with E-state index in [4.69, 9.17) is 4.74 Å². The summed E-state index contributed by atoms with van der Waals surface area (Å²) in [5, 5.41) is 12.0. The summed E-state index contributed by atoms with van der Waals surface area (Å²) in [6.45, 7) is 0.956. The maximum absolute atomic E-state index is 11.0. The Bertz CT molecular complexity index is 563. The lowest BCUT2D eigenvalue weighted by Crippen LogP contribution is -2.04. The van der Waals surface area contributed by atoms with Gasteiger partial charge in [0.05, 0.1) is 25.7 Å². The summed E-state index contributed by atoms with van der Waals surface area (Å²) >= 11 is 0. The zero-order chi connectivity index (χ0) is 14.4. The van der Waals surface area contributed by atoms with Crippen LogP contribution in [0.3, 0.4) is 0 Å². The van der Waals surface area contributed by atoms with Crippen LogP contribution in [0.5, 0.6) is 5.75 Å². The summed E-state index contributed by atoms with van der Waals surface area (Å²) in [5.41, 5.74) is 0.729. The fraction of sp³-hybridized carbons (Fsp3) is 0.500. The van der Waals surface area contributed by atoms with E-state index in [1.54, 1.807) is 28.0 Å². The van der Waals surface area contributed by atoms with Crippen LogP contribution < -0.4 is 4.74 Å². The second kappa shape index (κ2) is 6.69. The number of aryl methyl sites for hydroxylation is 2. The number of ether oxygens (including phenoxy) is 2. The van der Waals surface area contributed by atoms with Gasteiger partial charge in [-0.3, -0.25) is 14.2 Å². The van der Waals surface area contributed by atoms with Crippen molar-refractivity contribution in [1.29, 1.82) is 0 Å². The van der Waals surface area contributed by atoms with Gasteiger partial charge in [0, 0.05) is 20.0 Å². The molecule has 0 aliphatic carbocycles. The number of rotatable bonds is 7. The minimum absolute atomic E-state index is 0.217. The van der Waals surface area contributed by atoms with E-state index >= 15 is 0 Å². The Morgan fingerprint density at radius 3 is 2.95 bits per heavy atom. The van der Waals surface area contributed by atoms with Gasteiger partial charge in [0.1, 0.15) is 12.3 Å². The second-order valence-electron chi connectivity index (χ2n) is 4.29. The van der Waals surface area contributed by atoms with Gasteiger partial charge < -0.3 is 9.47 Å². The summed E-state index contributed by atoms with van der Waals surface area (Å²) in [5.74, 6) is 0.470. The molecule has 8 heteroatoms. The van der Waals surface area contributed by atoms with Gasteiger partial charge >= 0.3 is 5.97 Å². The molecule has 0 spiro atoms. The van der Waals surface area contributed by atoms with Crippen LogP contribution in [-0.2, 0) is 29.7 Å². The highest BCUT2D eigenvalue weighted by Gasteiger charge is 2.05. The fourth-order valence-corrected chi connectivity index (χ4v) is 1.63. The van der Waals surface area contributed by atoms with Gasteiger partial charge in [0.25, 0.3) is 0 Å². The van der Waals surface area contributed by atoms with Crippen LogP contribution in [0.2, 0.25) is 0 Å². The van der Waals surface area contributed by atoms with Crippen LogP contribution in [0.25, 0.3) is 0 Å². The minimum atomic E-state index is -0.217. The minimum Gasteiger partial charge on any atom is -0.484 e. The van der Waals surface area contributed by atoms with E-state index in [-0.39, 0.29) is 5.97 Å². The van der Waals surface area contributed by atoms with Gasteiger partial charge in [-0.1, -0.05) is 5.21 Å². The van der Waals surface area contributed by atoms with E-state index in [2.05, 4.69) is 20.1 Å². The van der Waals surface area contributed by atoms with Crippen LogP contribution in [-0.4, -0.2) is 37.9 Å². The molecule has 2 aromatic rings. The van der Waals surface area contributed by atoms with E-state index in [9.17, 15) is 4.79 Å². The summed E-state index contributed by atoms with van der Waals surface area (Å²) in [4.78, 5) is 11.0. The van der Waals surface area contributed by atoms with Crippen LogP contribution in [0.15, 0.2) is 18.6 Å². The Balaban J connectivity index is 1.75. The maximum atomic E-state index is 11.0. The van der Waals surface area contributed by atoms with E-state index in [1.807, 2.05) is 7.05 Å². The van der Waals surface area contributed by atoms with Crippen molar-refractivity contribution in [3.05, 3.63) is 24.3 Å². The molecule has 2 aromatic heterocycles. The highest BCUT2D eigenvalue weighted by molar-refractivity contribution is 5.68. The molecule has 0 saturated carbocycles. The second-order valence-corrected chi connectivity index (χ2v) is 4.29. The van der Waals surface area contributed by atoms with E-state index < -0.39 is 0 Å². The van der Waals surface area contributed by atoms with Gasteiger partial charge in [-0.25, -0.2) is 0 Å². The van der Waals surface area contributed by atoms with Gasteiger partial charge in [0.15, 0.2) is 5.75 Å². The Hall–Kier alpha value is -2.38. The number of nitrogens with zero attached hydrogens (tertiary/aromatic N) is 5. The van der Waals surface area contributed by atoms with Crippen molar-refractivity contribution >= 4 is 5.97 Å². The van der Waals surface area contributed by atoms with Crippen LogP contribution in [0.1, 0.15) is 18.5 Å². The maximum Gasteiger partial charge on any atom is 0.305 e. The molecule has 0 saturated heterocycles. The molecule has 0 fully saturated rings. The Morgan fingerprint density at radius 1 is 1.40 bits per heavy atom. The summed E-state index contributed by atoms with van der Waals surface area (Å²) < 4.78 is 13.4. The van der Waals surface area contributed by atoms with Crippen molar-refractivity contribution in [2.45, 2.75) is 26.0 Å². The number of hydrogen-bond donors (Lipinski definition) is 0. The quantitative estimate of drug-likeness (QED) is 0.688. The smallest absolute Gasteiger partial charge is 0.305 e. The summed E-state index contributed by atoms with van der Waals surface area (Å²) in [7, 11) is 3.20. The highest BCUT2D eigenvalue weighted by atomic mass is 16.5. The number of methoxy groups -OCH3 is 1. The molecular formula is C12H17N5O3. The molecule has 0 aliphatic heterocycles. The first-order valence-corrected chi connectivity index (χ1v) is 6.24. The third-order valence-corrected chi connectivity index (χ3v) is 2.65. The van der Waals surface area contributed by atoms with Crippen molar-refractivity contribution in [1.82, 2.24) is 24.8 Å². The zero-order valence-electron chi connectivity index (χ0n) is 11.5. The predicted molar refractivity (Wildman–Crippen MR) is 68.8 cm³/mol. The lowest BCUT2D eigenvalue weighted by molar-refractivity contribution is -0.140. The largest absolute Gasteiger partial charge is 0.484 e. The zero-order valence-corrected chi connectivity index (χ0v) is 11.5. The van der Waals surface area contributed by atoms with Crippen molar-refractivity contribution in [3.63, 3.8) is 0 Å². The first kappa shape index (κ1) is 14.0. The lowest BCUT2D eigenvalue weighted by Gasteiger charge is -2.00. The van der Waals surface area contributed by atoms with Gasteiger partial charge in [-0.2, -0.15) is 5.10 Å². The SMILES string of the molecule is COC(=O)CCCn1cc(COc2cnn(C)c2)nn1. The predicted octanol–water partition coefficient (Wildman–Crippen LogP) is 0.544. The molecule has 0 amide bonds. The molecule has 0 bridgehead atoms. The number of hydrogen-bond acceptors (Lipinski definition) is 6. The van der Waals surface area contributed by atoms with Crippen molar-refractivity contribution < 1.29 is 14.3 Å². The van der Waals surface area contributed by atoms with Gasteiger partial charge in [-0.05, 0) is 6.42 Å². The van der Waals surface area contributed by atoms with Crippen LogP contribution >= 0.6 is 0 Å². The lowest BCUT2D eigenvalue weighted by atomic mass is 10.3. The molecule has 0 unspecified atom stereocenters. The van der Waals surface area contributed by atoms with E-state index in [0.29, 0.717) is 31.7 Å². The molecule has 0 atom stereocenters. The Morgan fingerprint density at radius 2 is 2.25 bits per heavy atom. The van der Waals surface area contributed by atoms with Gasteiger partial charge in [-0.15, -0.1) is 5.10 Å². The number of esters is 1. The standard InChI is InChI=1S/C12H17N5O3/c1-16-8-11(6-13-16)20-9-10-7-17(15-14-10)5-3-4-12(18)19-2/h6-8H,3-5,9H2,1-2H3. The topological polar surface area (TPSA) is 84.1 Å². The molecule has 0 aliphatic rings. The van der Waals surface area contributed by atoms with E-state index in [1.165, 1.54) is 7.11 Å². The Labute approximate surface area is 116 Å². The number of aromatic nitrogens is 5. The number of carbonyl (C=O) groups excluding carboxylic acids is 1. The molecule has 0 N–H and O–H groups in total. The average molecular weight is 279 g/mol. The van der Waals surface area contributed by atoms with Crippen molar-refractivity contribution in [2.75, 3.05) is 7.11 Å². The van der Waals surface area contributed by atoms with Crippen LogP contribution in [0, 0.1) is 0 Å². The monoisotopic (exact) mass is 279 g/mol. The highest BCUT2D eigenvalue weighted by Crippen LogP contribution is 2.09. The normalized spacial score (nSPS) is 10.5. The third kappa shape index (κ3) is 4.08.